The van der Waals surface area contributed by atoms with Crippen molar-refractivity contribution in [3.63, 3.8) is 0 Å². The average Bonchev–Trinajstić information content (AvgIpc) is 2.94. The van der Waals surface area contributed by atoms with Gasteiger partial charge in [0.2, 0.25) is 5.91 Å². The van der Waals surface area contributed by atoms with E-state index in [1.807, 2.05) is 0 Å². The Hall–Kier alpha value is -2.76. The number of thiazole rings is 1. The number of fused-ring (bicyclic) bond motifs is 1. The molecule has 3 rings (SSSR count). The maximum Gasteiger partial charge on any atom is 0.307 e. The van der Waals surface area contributed by atoms with Gasteiger partial charge >= 0.3 is 15.1 Å². The van der Waals surface area contributed by atoms with Gasteiger partial charge in [-0.1, -0.05) is 11.3 Å². The fraction of sp³-hybridized carbons (Fsp3) is 0.222. The molecule has 3 aromatic rings. The highest BCUT2D eigenvalue weighted by Crippen LogP contribution is 2.23. The highest BCUT2D eigenvalue weighted by molar-refractivity contribution is 7.90. The second-order valence-corrected chi connectivity index (χ2v) is 9.49. The van der Waals surface area contributed by atoms with Gasteiger partial charge < -0.3 is 9.88 Å². The molecule has 8 nitrogen and oxygen atoms in total. The smallest absolute Gasteiger partial charge is 0.307 e. The number of nitrogens with zero attached hydrogens (tertiary/aromatic N) is 3. The summed E-state index contributed by atoms with van der Waals surface area (Å²) in [6, 6.07) is 9.82. The lowest BCUT2D eigenvalue weighted by Gasteiger charge is -2.26. The van der Waals surface area contributed by atoms with Crippen LogP contribution in [0.4, 0.5) is 15.8 Å². The van der Waals surface area contributed by atoms with E-state index in [0.29, 0.717) is 10.4 Å². The molecule has 0 aliphatic rings. The molecular formula is C18H19FN4O4S2. The molecule has 0 saturated carbocycles. The van der Waals surface area contributed by atoms with Crippen LogP contribution in [0.3, 0.4) is 0 Å². The van der Waals surface area contributed by atoms with Crippen LogP contribution in [0.15, 0.2) is 47.3 Å². The van der Waals surface area contributed by atoms with E-state index in [9.17, 15) is 22.4 Å². The van der Waals surface area contributed by atoms with Gasteiger partial charge in [0.05, 0.1) is 15.9 Å². The summed E-state index contributed by atoms with van der Waals surface area (Å²) < 4.78 is 42.6. The summed E-state index contributed by atoms with van der Waals surface area (Å²) in [5.74, 6) is -1.10. The lowest BCUT2D eigenvalue weighted by atomic mass is 10.3. The first-order valence-corrected chi connectivity index (χ1v) is 10.7. The zero-order valence-electron chi connectivity index (χ0n) is 15.9. The first kappa shape index (κ1) is 21.0. The van der Waals surface area contributed by atoms with E-state index in [2.05, 4.69) is 5.32 Å². The Kier molecular flexibility index (Phi) is 5.73. The second-order valence-electron chi connectivity index (χ2n) is 6.43. The number of aryl methyl sites for hydroxylation is 1. The molecule has 0 spiro atoms. The Bertz CT molecular complexity index is 1220. The summed E-state index contributed by atoms with van der Waals surface area (Å²) in [4.78, 5) is 24.2. The van der Waals surface area contributed by atoms with Gasteiger partial charge in [0.25, 0.3) is 0 Å². The number of amides is 1. The fourth-order valence-corrected chi connectivity index (χ4v) is 4.63. The average molecular weight is 439 g/mol. The third-order valence-corrected chi connectivity index (χ3v) is 7.03. The van der Waals surface area contributed by atoms with Crippen molar-refractivity contribution in [3.05, 3.63) is 57.9 Å². The topological polar surface area (TPSA) is 91.7 Å². The lowest BCUT2D eigenvalue weighted by Crippen LogP contribution is -2.44. The van der Waals surface area contributed by atoms with Gasteiger partial charge in [0.1, 0.15) is 12.4 Å². The predicted octanol–water partition coefficient (Wildman–Crippen LogP) is 1.99. The van der Waals surface area contributed by atoms with Crippen LogP contribution in [0.1, 0.15) is 0 Å². The normalized spacial score (nSPS) is 11.8. The molecule has 1 N–H and O–H groups in total. The van der Waals surface area contributed by atoms with Crippen LogP contribution < -0.4 is 14.5 Å². The zero-order valence-corrected chi connectivity index (χ0v) is 17.6. The minimum Gasteiger partial charge on any atom is -0.324 e. The van der Waals surface area contributed by atoms with Crippen molar-refractivity contribution in [1.82, 2.24) is 8.87 Å². The Morgan fingerprint density at radius 1 is 1.17 bits per heavy atom. The van der Waals surface area contributed by atoms with E-state index in [1.165, 1.54) is 30.8 Å². The molecule has 0 unspecified atom stereocenters. The second kappa shape index (κ2) is 7.93. The van der Waals surface area contributed by atoms with Crippen molar-refractivity contribution in [3.8, 4) is 0 Å². The predicted molar refractivity (Wildman–Crippen MR) is 112 cm³/mol. The third kappa shape index (κ3) is 4.31. The molecule has 0 aliphatic heterocycles. The molecule has 0 aliphatic carbocycles. The minimum absolute atomic E-state index is 0.122. The summed E-state index contributed by atoms with van der Waals surface area (Å²) in [7, 11) is 0.355. The summed E-state index contributed by atoms with van der Waals surface area (Å²) in [5.41, 5.74) is 1.33. The van der Waals surface area contributed by atoms with Crippen LogP contribution in [0, 0.1) is 5.82 Å². The molecule has 0 bridgehead atoms. The van der Waals surface area contributed by atoms with Crippen LogP contribution in [0.25, 0.3) is 10.2 Å². The number of rotatable bonds is 6. The highest BCUT2D eigenvalue weighted by atomic mass is 32.2. The molecule has 0 fully saturated rings. The Morgan fingerprint density at radius 2 is 1.83 bits per heavy atom. The third-order valence-electron chi connectivity index (χ3n) is 4.22. The molecule has 0 atom stereocenters. The number of hydrogen-bond acceptors (Lipinski definition) is 5. The van der Waals surface area contributed by atoms with Crippen molar-refractivity contribution in [2.45, 2.75) is 0 Å². The van der Waals surface area contributed by atoms with E-state index in [1.54, 1.807) is 25.2 Å². The number of aromatic nitrogens is 1. The van der Waals surface area contributed by atoms with Gasteiger partial charge in [0, 0.05) is 26.8 Å². The largest absolute Gasteiger partial charge is 0.324 e. The standard InChI is InChI=1S/C18H19FN4O4S2/c1-21(2)29(26,27)23(14-7-4-12(19)5-8-14)11-17(24)20-13-6-9-15-16(10-13)28-18(25)22(15)3/h4-10H,11H2,1-3H3,(H,20,24). The van der Waals surface area contributed by atoms with E-state index in [0.717, 1.165) is 37.6 Å². The summed E-state index contributed by atoms with van der Waals surface area (Å²) >= 11 is 1.05. The summed E-state index contributed by atoms with van der Waals surface area (Å²) in [5, 5.41) is 2.64. The van der Waals surface area contributed by atoms with E-state index in [4.69, 9.17) is 0 Å². The summed E-state index contributed by atoms with van der Waals surface area (Å²) in [6.07, 6.45) is 0. The van der Waals surface area contributed by atoms with Crippen LogP contribution in [0.2, 0.25) is 0 Å². The molecule has 154 valence electrons. The molecule has 1 heterocycles. The lowest BCUT2D eigenvalue weighted by molar-refractivity contribution is -0.114. The van der Waals surface area contributed by atoms with Crippen LogP contribution in [-0.4, -0.2) is 43.8 Å². The molecule has 1 aromatic heterocycles. The van der Waals surface area contributed by atoms with Crippen molar-refractivity contribution in [1.29, 1.82) is 0 Å². The van der Waals surface area contributed by atoms with Gasteiger partial charge in [-0.25, -0.2) is 8.70 Å². The maximum atomic E-state index is 13.2. The molecule has 11 heteroatoms. The molecule has 0 saturated heterocycles. The Labute approximate surface area is 171 Å². The molecule has 29 heavy (non-hydrogen) atoms. The number of carbonyl (C=O) groups is 1. The maximum absolute atomic E-state index is 13.2. The van der Waals surface area contributed by atoms with E-state index in [-0.39, 0.29) is 10.6 Å². The number of hydrogen-bond donors (Lipinski definition) is 1. The fourth-order valence-electron chi connectivity index (χ4n) is 2.65. The van der Waals surface area contributed by atoms with Crippen LogP contribution in [-0.2, 0) is 22.1 Å². The molecule has 2 aromatic carbocycles. The number of benzene rings is 2. The van der Waals surface area contributed by atoms with Crippen molar-refractivity contribution in [2.24, 2.45) is 7.05 Å². The first-order chi connectivity index (χ1) is 13.6. The minimum atomic E-state index is -3.99. The summed E-state index contributed by atoms with van der Waals surface area (Å²) in [6.45, 7) is -0.505. The number of nitrogens with one attached hydrogen (secondary N) is 1. The van der Waals surface area contributed by atoms with Crippen LogP contribution in [0.5, 0.6) is 0 Å². The Morgan fingerprint density at radius 3 is 2.45 bits per heavy atom. The monoisotopic (exact) mass is 438 g/mol. The van der Waals surface area contributed by atoms with E-state index < -0.39 is 28.5 Å². The first-order valence-electron chi connectivity index (χ1n) is 8.45. The number of anilines is 2. The SMILES string of the molecule is CN(C)S(=O)(=O)N(CC(=O)Nc1ccc2c(c1)sc(=O)n2C)c1ccc(F)cc1. The van der Waals surface area contributed by atoms with Crippen molar-refractivity contribution in [2.75, 3.05) is 30.3 Å². The van der Waals surface area contributed by atoms with Crippen molar-refractivity contribution < 1.29 is 17.6 Å². The Balaban J connectivity index is 1.86. The van der Waals surface area contributed by atoms with Crippen LogP contribution >= 0.6 is 11.3 Å². The van der Waals surface area contributed by atoms with E-state index >= 15 is 0 Å². The van der Waals surface area contributed by atoms with Gasteiger partial charge in [-0.15, -0.1) is 0 Å². The van der Waals surface area contributed by atoms with Gasteiger partial charge in [0.15, 0.2) is 0 Å². The number of carbonyl (C=O) groups excluding carboxylic acids is 1. The number of halogens is 1. The molecular weight excluding hydrogens is 419 g/mol. The quantitative estimate of drug-likeness (QED) is 0.637. The highest BCUT2D eigenvalue weighted by Gasteiger charge is 2.27. The molecule has 0 radical (unpaired) electrons. The molecule has 1 amide bonds. The van der Waals surface area contributed by atoms with Gasteiger partial charge in [-0.05, 0) is 42.5 Å². The zero-order chi connectivity index (χ0) is 21.3. The van der Waals surface area contributed by atoms with Gasteiger partial charge in [-0.2, -0.15) is 12.7 Å². The van der Waals surface area contributed by atoms with Crippen molar-refractivity contribution >= 4 is 49.0 Å². The van der Waals surface area contributed by atoms with Gasteiger partial charge in [-0.3, -0.25) is 9.59 Å².